The van der Waals surface area contributed by atoms with Crippen LogP contribution in [0.15, 0.2) is 36.4 Å². The molecule has 0 radical (unpaired) electrons. The Bertz CT molecular complexity index is 644. The summed E-state index contributed by atoms with van der Waals surface area (Å²) < 4.78 is 5.23. The van der Waals surface area contributed by atoms with Gasteiger partial charge in [-0.05, 0) is 36.6 Å². The lowest BCUT2D eigenvalue weighted by Crippen LogP contribution is -2.31. The van der Waals surface area contributed by atoms with E-state index in [1.807, 2.05) is 13.0 Å². The van der Waals surface area contributed by atoms with Crippen molar-refractivity contribution >= 4 is 5.82 Å². The van der Waals surface area contributed by atoms with Gasteiger partial charge in [-0.1, -0.05) is 24.3 Å². The average molecular weight is 326 g/mol. The maximum atomic E-state index is 5.23. The summed E-state index contributed by atoms with van der Waals surface area (Å²) >= 11 is 0. The number of hydrogen-bond acceptors (Lipinski definition) is 5. The average Bonchev–Trinajstić information content (AvgIpc) is 2.82. The first kappa shape index (κ1) is 16.9. The monoisotopic (exact) mass is 326 g/mol. The van der Waals surface area contributed by atoms with Crippen molar-refractivity contribution in [2.45, 2.75) is 26.5 Å². The van der Waals surface area contributed by atoms with Crippen LogP contribution >= 0.6 is 0 Å². The van der Waals surface area contributed by atoms with Gasteiger partial charge in [0.1, 0.15) is 0 Å². The van der Waals surface area contributed by atoms with Crippen molar-refractivity contribution in [3.8, 4) is 0 Å². The molecule has 1 fully saturated rings. The van der Waals surface area contributed by atoms with Crippen LogP contribution in [-0.2, 0) is 17.9 Å². The number of benzene rings is 1. The molecule has 0 saturated carbocycles. The van der Waals surface area contributed by atoms with Crippen LogP contribution in [0.2, 0.25) is 0 Å². The number of ether oxygens (including phenoxy) is 1. The van der Waals surface area contributed by atoms with Crippen molar-refractivity contribution in [1.29, 1.82) is 0 Å². The fraction of sp³-hybridized carbons (Fsp3) is 0.474. The molecule has 0 amide bonds. The molecule has 2 aromatic rings. The van der Waals surface area contributed by atoms with E-state index in [0.29, 0.717) is 6.61 Å². The Hall–Kier alpha value is -1.98. The Morgan fingerprint density at radius 2 is 1.88 bits per heavy atom. The summed E-state index contributed by atoms with van der Waals surface area (Å²) in [5.74, 6) is 0.990. The number of methoxy groups -OCH3 is 1. The summed E-state index contributed by atoms with van der Waals surface area (Å²) in [4.78, 5) is 4.86. The summed E-state index contributed by atoms with van der Waals surface area (Å²) in [6.45, 7) is 7.83. The molecule has 1 aliphatic rings. The van der Waals surface area contributed by atoms with Gasteiger partial charge in [0.05, 0.1) is 12.3 Å². The molecule has 0 bridgehead atoms. The topological polar surface area (TPSA) is 41.5 Å². The van der Waals surface area contributed by atoms with E-state index in [-0.39, 0.29) is 0 Å². The number of nitrogens with zero attached hydrogens (tertiary/aromatic N) is 4. The van der Waals surface area contributed by atoms with Gasteiger partial charge in [-0.3, -0.25) is 4.90 Å². The Morgan fingerprint density at radius 3 is 2.67 bits per heavy atom. The van der Waals surface area contributed by atoms with Crippen LogP contribution in [0, 0.1) is 6.92 Å². The van der Waals surface area contributed by atoms with Gasteiger partial charge in [0.15, 0.2) is 5.82 Å². The lowest BCUT2D eigenvalue weighted by molar-refractivity contribution is 0.184. The van der Waals surface area contributed by atoms with Crippen LogP contribution in [0.5, 0.6) is 0 Å². The van der Waals surface area contributed by atoms with Crippen LogP contribution in [0.3, 0.4) is 0 Å². The molecular formula is C19H26N4O. The minimum atomic E-state index is 0.674. The maximum absolute atomic E-state index is 5.23. The second kappa shape index (κ2) is 8.22. The van der Waals surface area contributed by atoms with Crippen LogP contribution in [0.1, 0.15) is 23.2 Å². The number of aromatic nitrogens is 2. The molecule has 0 N–H and O–H groups in total. The summed E-state index contributed by atoms with van der Waals surface area (Å²) in [6.07, 6.45) is 1.15. The molecule has 0 atom stereocenters. The second-order valence-electron chi connectivity index (χ2n) is 6.40. The molecule has 1 aliphatic heterocycles. The first-order chi connectivity index (χ1) is 11.7. The highest BCUT2D eigenvalue weighted by molar-refractivity contribution is 5.37. The fourth-order valence-corrected chi connectivity index (χ4v) is 3.16. The number of hydrogen-bond donors (Lipinski definition) is 0. The highest BCUT2D eigenvalue weighted by Gasteiger charge is 2.16. The predicted octanol–water partition coefficient (Wildman–Crippen LogP) is 2.64. The third kappa shape index (κ3) is 4.52. The first-order valence-electron chi connectivity index (χ1n) is 8.59. The van der Waals surface area contributed by atoms with Gasteiger partial charge < -0.3 is 9.64 Å². The molecule has 1 saturated heterocycles. The number of aryl methyl sites for hydroxylation is 1. The third-order valence-electron chi connectivity index (χ3n) is 4.40. The zero-order chi connectivity index (χ0) is 16.8. The summed E-state index contributed by atoms with van der Waals surface area (Å²) in [6, 6.07) is 12.8. The minimum Gasteiger partial charge on any atom is -0.380 e. The van der Waals surface area contributed by atoms with Crippen molar-refractivity contribution in [3.05, 3.63) is 53.2 Å². The molecule has 3 rings (SSSR count). The van der Waals surface area contributed by atoms with Crippen molar-refractivity contribution in [2.75, 3.05) is 38.2 Å². The highest BCUT2D eigenvalue weighted by atomic mass is 16.5. The van der Waals surface area contributed by atoms with E-state index < -0.39 is 0 Å². The lowest BCUT2D eigenvalue weighted by Gasteiger charge is -2.22. The third-order valence-corrected chi connectivity index (χ3v) is 4.40. The normalized spacial score (nSPS) is 16.2. The van der Waals surface area contributed by atoms with E-state index in [0.717, 1.165) is 50.7 Å². The highest BCUT2D eigenvalue weighted by Crippen LogP contribution is 2.15. The van der Waals surface area contributed by atoms with Gasteiger partial charge >= 0.3 is 0 Å². The van der Waals surface area contributed by atoms with E-state index in [2.05, 4.69) is 50.3 Å². The SMILES string of the molecule is COCc1cccc(CN2CCCN(c3ccc(C)nn3)CC2)c1. The van der Waals surface area contributed by atoms with Gasteiger partial charge in [0, 0.05) is 39.8 Å². The van der Waals surface area contributed by atoms with Gasteiger partial charge in [0.2, 0.25) is 0 Å². The molecule has 0 aliphatic carbocycles. The maximum Gasteiger partial charge on any atom is 0.151 e. The molecule has 0 spiro atoms. The summed E-state index contributed by atoms with van der Waals surface area (Å²) in [5, 5.41) is 8.51. The van der Waals surface area contributed by atoms with Crippen molar-refractivity contribution in [3.63, 3.8) is 0 Å². The van der Waals surface area contributed by atoms with Crippen LogP contribution in [-0.4, -0.2) is 48.4 Å². The molecule has 2 heterocycles. The Kier molecular flexibility index (Phi) is 5.77. The molecule has 1 aromatic carbocycles. The zero-order valence-electron chi connectivity index (χ0n) is 14.6. The fourth-order valence-electron chi connectivity index (χ4n) is 3.16. The molecule has 5 heteroatoms. The summed E-state index contributed by atoms with van der Waals surface area (Å²) in [7, 11) is 1.74. The predicted molar refractivity (Wildman–Crippen MR) is 96.0 cm³/mol. The standard InChI is InChI=1S/C19H26N4O/c1-16-7-8-19(21-20-16)23-10-4-9-22(11-12-23)14-17-5-3-6-18(13-17)15-24-2/h3,5-8,13H,4,9-12,14-15H2,1-2H3. The number of anilines is 1. The minimum absolute atomic E-state index is 0.674. The van der Waals surface area contributed by atoms with E-state index in [9.17, 15) is 0 Å². The molecular weight excluding hydrogens is 300 g/mol. The largest absolute Gasteiger partial charge is 0.380 e. The van der Waals surface area contributed by atoms with Crippen molar-refractivity contribution < 1.29 is 4.74 Å². The molecule has 128 valence electrons. The Balaban J connectivity index is 1.59. The lowest BCUT2D eigenvalue weighted by atomic mass is 10.1. The van der Waals surface area contributed by atoms with Gasteiger partial charge in [-0.15, -0.1) is 5.10 Å². The Labute approximate surface area is 144 Å². The van der Waals surface area contributed by atoms with E-state index in [1.54, 1.807) is 7.11 Å². The molecule has 24 heavy (non-hydrogen) atoms. The smallest absolute Gasteiger partial charge is 0.151 e. The van der Waals surface area contributed by atoms with Gasteiger partial charge in [0.25, 0.3) is 0 Å². The van der Waals surface area contributed by atoms with Crippen molar-refractivity contribution in [1.82, 2.24) is 15.1 Å². The molecule has 1 aromatic heterocycles. The van der Waals surface area contributed by atoms with Crippen LogP contribution < -0.4 is 4.90 Å². The van der Waals surface area contributed by atoms with Gasteiger partial charge in [-0.25, -0.2) is 0 Å². The number of rotatable bonds is 5. The first-order valence-corrected chi connectivity index (χ1v) is 8.59. The quantitative estimate of drug-likeness (QED) is 0.845. The van der Waals surface area contributed by atoms with E-state index >= 15 is 0 Å². The van der Waals surface area contributed by atoms with Gasteiger partial charge in [-0.2, -0.15) is 5.10 Å². The van der Waals surface area contributed by atoms with Crippen LogP contribution in [0.4, 0.5) is 5.82 Å². The van der Waals surface area contributed by atoms with Crippen molar-refractivity contribution in [2.24, 2.45) is 0 Å². The Morgan fingerprint density at radius 1 is 1.00 bits per heavy atom. The van der Waals surface area contributed by atoms with E-state index in [1.165, 1.54) is 11.1 Å². The second-order valence-corrected chi connectivity index (χ2v) is 6.40. The molecule has 5 nitrogen and oxygen atoms in total. The zero-order valence-corrected chi connectivity index (χ0v) is 14.6. The molecule has 0 unspecified atom stereocenters. The van der Waals surface area contributed by atoms with Crippen LogP contribution in [0.25, 0.3) is 0 Å². The van der Waals surface area contributed by atoms with E-state index in [4.69, 9.17) is 4.74 Å². The summed E-state index contributed by atoms with van der Waals surface area (Å²) in [5.41, 5.74) is 3.56.